The van der Waals surface area contributed by atoms with Crippen LogP contribution in [0.15, 0.2) is 34.9 Å². The van der Waals surface area contributed by atoms with E-state index in [0.29, 0.717) is 11.4 Å². The van der Waals surface area contributed by atoms with Gasteiger partial charge in [0.2, 0.25) is 0 Å². The van der Waals surface area contributed by atoms with Crippen molar-refractivity contribution in [3.8, 4) is 11.5 Å². The first kappa shape index (κ1) is 11.9. The van der Waals surface area contributed by atoms with E-state index in [0.717, 1.165) is 21.5 Å². The van der Waals surface area contributed by atoms with Gasteiger partial charge in [-0.3, -0.25) is 4.98 Å². The van der Waals surface area contributed by atoms with Crippen LogP contribution in [0, 0.1) is 13.8 Å². The molecule has 0 saturated heterocycles. The molecule has 0 aliphatic heterocycles. The highest BCUT2D eigenvalue weighted by Gasteiger charge is 2.07. The second-order valence-corrected chi connectivity index (χ2v) is 4.79. The molecule has 0 radical (unpaired) electrons. The summed E-state index contributed by atoms with van der Waals surface area (Å²) in [7, 11) is 0. The van der Waals surface area contributed by atoms with Gasteiger partial charge in [0.1, 0.15) is 5.75 Å². The fourth-order valence-corrected chi connectivity index (χ4v) is 2.19. The summed E-state index contributed by atoms with van der Waals surface area (Å²) in [6.45, 7) is 3.88. The van der Waals surface area contributed by atoms with Gasteiger partial charge in [-0.05, 0) is 37.6 Å². The molecule has 17 heavy (non-hydrogen) atoms. The first-order valence-corrected chi connectivity index (χ1v) is 6.01. The minimum Gasteiger partial charge on any atom is -0.455 e. The molecule has 1 aromatic carbocycles. The summed E-state index contributed by atoms with van der Waals surface area (Å²) in [6.07, 6.45) is 1.72. The van der Waals surface area contributed by atoms with E-state index in [1.165, 1.54) is 0 Å². The van der Waals surface area contributed by atoms with Gasteiger partial charge in [0, 0.05) is 22.4 Å². The van der Waals surface area contributed by atoms with Crippen LogP contribution in [0.4, 0.5) is 5.69 Å². The van der Waals surface area contributed by atoms with Gasteiger partial charge in [-0.1, -0.05) is 15.9 Å². The molecule has 0 spiro atoms. The molecule has 88 valence electrons. The van der Waals surface area contributed by atoms with Gasteiger partial charge < -0.3 is 10.5 Å². The summed E-state index contributed by atoms with van der Waals surface area (Å²) in [4.78, 5) is 4.12. The number of hydrogen-bond acceptors (Lipinski definition) is 3. The molecule has 2 rings (SSSR count). The van der Waals surface area contributed by atoms with Crippen LogP contribution >= 0.6 is 15.9 Å². The molecule has 0 bridgehead atoms. The van der Waals surface area contributed by atoms with Crippen LogP contribution in [0.2, 0.25) is 0 Å². The average Bonchev–Trinajstić information content (AvgIpc) is 2.23. The lowest BCUT2D eigenvalue weighted by Gasteiger charge is -2.12. The van der Waals surface area contributed by atoms with Crippen molar-refractivity contribution in [2.75, 3.05) is 5.73 Å². The number of ether oxygens (including phenoxy) is 1. The minimum absolute atomic E-state index is 0.617. The first-order chi connectivity index (χ1) is 8.06. The highest BCUT2D eigenvalue weighted by atomic mass is 79.9. The number of benzene rings is 1. The van der Waals surface area contributed by atoms with Gasteiger partial charge in [-0.25, -0.2) is 0 Å². The van der Waals surface area contributed by atoms with E-state index in [-0.39, 0.29) is 0 Å². The van der Waals surface area contributed by atoms with Crippen LogP contribution < -0.4 is 10.5 Å². The van der Waals surface area contributed by atoms with Crippen molar-refractivity contribution in [3.05, 3.63) is 46.2 Å². The molecular weight excluding hydrogens is 280 g/mol. The molecule has 0 atom stereocenters. The highest BCUT2D eigenvalue weighted by molar-refractivity contribution is 9.10. The van der Waals surface area contributed by atoms with Crippen molar-refractivity contribution in [2.24, 2.45) is 0 Å². The summed E-state index contributed by atoms with van der Waals surface area (Å²) in [5.41, 5.74) is 8.46. The lowest BCUT2D eigenvalue weighted by Crippen LogP contribution is -1.95. The number of anilines is 1. The zero-order valence-corrected chi connectivity index (χ0v) is 11.3. The van der Waals surface area contributed by atoms with Gasteiger partial charge >= 0.3 is 0 Å². The Morgan fingerprint density at radius 3 is 2.65 bits per heavy atom. The Morgan fingerprint density at radius 2 is 2.00 bits per heavy atom. The van der Waals surface area contributed by atoms with Gasteiger partial charge in [0.15, 0.2) is 5.75 Å². The van der Waals surface area contributed by atoms with Crippen molar-refractivity contribution in [2.45, 2.75) is 13.8 Å². The number of nitrogens with two attached hydrogens (primary N) is 1. The van der Waals surface area contributed by atoms with Crippen molar-refractivity contribution >= 4 is 21.6 Å². The van der Waals surface area contributed by atoms with Gasteiger partial charge in [-0.2, -0.15) is 0 Å². The normalized spacial score (nSPS) is 10.3. The Morgan fingerprint density at radius 1 is 1.24 bits per heavy atom. The van der Waals surface area contributed by atoms with Crippen molar-refractivity contribution in [1.82, 2.24) is 4.98 Å². The highest BCUT2D eigenvalue weighted by Crippen LogP contribution is 2.33. The smallest absolute Gasteiger partial charge is 0.153 e. The van der Waals surface area contributed by atoms with Gasteiger partial charge in [-0.15, -0.1) is 0 Å². The van der Waals surface area contributed by atoms with Crippen LogP contribution in [0.3, 0.4) is 0 Å². The molecule has 0 unspecified atom stereocenters. The Kier molecular flexibility index (Phi) is 3.33. The molecule has 1 heterocycles. The Bertz CT molecular complexity index is 532. The lowest BCUT2D eigenvalue weighted by molar-refractivity contribution is 0.480. The SMILES string of the molecule is Cc1cc(Oc2c(C)cc(Br)cc2N)ccn1. The molecule has 0 saturated carbocycles. The molecule has 1 aromatic heterocycles. The van der Waals surface area contributed by atoms with Crippen molar-refractivity contribution < 1.29 is 4.74 Å². The van der Waals surface area contributed by atoms with Crippen LogP contribution in [-0.4, -0.2) is 4.98 Å². The molecule has 0 fully saturated rings. The van der Waals surface area contributed by atoms with Crippen molar-refractivity contribution in [1.29, 1.82) is 0 Å². The van der Waals surface area contributed by atoms with E-state index in [9.17, 15) is 0 Å². The fraction of sp³-hybridized carbons (Fsp3) is 0.154. The summed E-state index contributed by atoms with van der Waals surface area (Å²) in [6, 6.07) is 7.49. The maximum absolute atomic E-state index is 5.94. The molecular formula is C13H13BrN2O. The number of pyridine rings is 1. The summed E-state index contributed by atoms with van der Waals surface area (Å²) >= 11 is 3.40. The average molecular weight is 293 g/mol. The maximum atomic E-state index is 5.94. The molecule has 4 heteroatoms. The standard InChI is InChI=1S/C13H13BrN2O/c1-8-5-10(14)7-12(15)13(8)17-11-3-4-16-9(2)6-11/h3-7H,15H2,1-2H3. The number of aromatic nitrogens is 1. The third-order valence-electron chi connectivity index (χ3n) is 2.36. The largest absolute Gasteiger partial charge is 0.455 e. The topological polar surface area (TPSA) is 48.1 Å². The number of nitrogen functional groups attached to an aromatic ring is 1. The molecule has 0 aliphatic rings. The number of halogens is 1. The van der Waals surface area contributed by atoms with Gasteiger partial charge in [0.25, 0.3) is 0 Å². The minimum atomic E-state index is 0.617. The van der Waals surface area contributed by atoms with Crippen LogP contribution in [0.5, 0.6) is 11.5 Å². The summed E-state index contributed by atoms with van der Waals surface area (Å²) in [5, 5.41) is 0. The van der Waals surface area contributed by atoms with E-state index >= 15 is 0 Å². The Hall–Kier alpha value is -1.55. The van der Waals surface area contributed by atoms with Crippen LogP contribution in [0.1, 0.15) is 11.3 Å². The predicted octanol–water partition coefficient (Wildman–Crippen LogP) is 3.84. The van der Waals surface area contributed by atoms with E-state index in [4.69, 9.17) is 10.5 Å². The monoisotopic (exact) mass is 292 g/mol. The number of aryl methyl sites for hydroxylation is 2. The van der Waals surface area contributed by atoms with E-state index in [1.54, 1.807) is 6.20 Å². The zero-order chi connectivity index (χ0) is 12.4. The quantitative estimate of drug-likeness (QED) is 0.856. The molecule has 2 N–H and O–H groups in total. The van der Waals surface area contributed by atoms with E-state index < -0.39 is 0 Å². The first-order valence-electron chi connectivity index (χ1n) is 5.22. The molecule has 0 amide bonds. The molecule has 3 nitrogen and oxygen atoms in total. The van der Waals surface area contributed by atoms with Crippen molar-refractivity contribution in [3.63, 3.8) is 0 Å². The van der Waals surface area contributed by atoms with Gasteiger partial charge in [0.05, 0.1) is 5.69 Å². The predicted molar refractivity (Wildman–Crippen MR) is 72.3 cm³/mol. The summed E-state index contributed by atoms with van der Waals surface area (Å²) in [5.74, 6) is 1.44. The Balaban J connectivity index is 2.36. The number of hydrogen-bond donors (Lipinski definition) is 1. The van der Waals surface area contributed by atoms with E-state index in [1.807, 2.05) is 38.1 Å². The number of nitrogens with zero attached hydrogens (tertiary/aromatic N) is 1. The number of rotatable bonds is 2. The lowest BCUT2D eigenvalue weighted by atomic mass is 10.2. The van der Waals surface area contributed by atoms with E-state index in [2.05, 4.69) is 20.9 Å². The second kappa shape index (κ2) is 4.75. The van der Waals surface area contributed by atoms with Crippen LogP contribution in [-0.2, 0) is 0 Å². The molecule has 0 aliphatic carbocycles. The zero-order valence-electron chi connectivity index (χ0n) is 9.70. The van der Waals surface area contributed by atoms with Crippen LogP contribution in [0.25, 0.3) is 0 Å². The summed E-state index contributed by atoms with van der Waals surface area (Å²) < 4.78 is 6.74. The molecule has 2 aromatic rings. The fourth-order valence-electron chi connectivity index (χ4n) is 1.60. The maximum Gasteiger partial charge on any atom is 0.153 e. The Labute approximate surface area is 109 Å². The second-order valence-electron chi connectivity index (χ2n) is 3.88. The third kappa shape index (κ3) is 2.77. The third-order valence-corrected chi connectivity index (χ3v) is 2.81.